The summed E-state index contributed by atoms with van der Waals surface area (Å²) in [5, 5.41) is 20.6. The third kappa shape index (κ3) is 1.36. The highest BCUT2D eigenvalue weighted by atomic mass is 79.9. The fraction of sp³-hybridized carbons (Fsp3) is 0. The Morgan fingerprint density at radius 2 is 2.21 bits per heavy atom. The highest BCUT2D eigenvalue weighted by Gasteiger charge is 2.16. The second-order valence-electron chi connectivity index (χ2n) is 2.65. The molecular formula is C8H4BrNO3S. The zero-order valence-electron chi connectivity index (χ0n) is 6.73. The van der Waals surface area contributed by atoms with Crippen LogP contribution in [-0.4, -0.2) is 10.0 Å². The number of halogens is 1. The van der Waals surface area contributed by atoms with Gasteiger partial charge < -0.3 is 5.11 Å². The molecule has 14 heavy (non-hydrogen) atoms. The Morgan fingerprint density at radius 3 is 2.86 bits per heavy atom. The van der Waals surface area contributed by atoms with Crippen molar-refractivity contribution in [3.8, 4) is 5.75 Å². The second-order valence-corrected chi connectivity index (χ2v) is 5.09. The Morgan fingerprint density at radius 1 is 1.50 bits per heavy atom. The maximum absolute atomic E-state index is 10.6. The maximum atomic E-state index is 10.6. The van der Waals surface area contributed by atoms with E-state index in [4.69, 9.17) is 0 Å². The van der Waals surface area contributed by atoms with Gasteiger partial charge in [0.2, 0.25) is 0 Å². The summed E-state index contributed by atoms with van der Waals surface area (Å²) in [5.74, 6) is 0.0706. The highest BCUT2D eigenvalue weighted by Crippen LogP contribution is 2.40. The fourth-order valence-electron chi connectivity index (χ4n) is 1.22. The monoisotopic (exact) mass is 273 g/mol. The summed E-state index contributed by atoms with van der Waals surface area (Å²) in [6.45, 7) is 0. The lowest BCUT2D eigenvalue weighted by Crippen LogP contribution is -1.87. The molecule has 6 heteroatoms. The van der Waals surface area contributed by atoms with E-state index in [1.165, 1.54) is 23.5 Å². The fourth-order valence-corrected chi connectivity index (χ4v) is 2.76. The van der Waals surface area contributed by atoms with Gasteiger partial charge in [-0.25, -0.2) is 0 Å². The van der Waals surface area contributed by atoms with Crippen LogP contribution in [-0.2, 0) is 0 Å². The normalized spacial score (nSPS) is 10.6. The standard InChI is InChI=1S/C8H4BrNO3S/c9-7-3-4-5(10(12)13)1-2-6(11)8(4)14-7/h1-3,11H. The van der Waals surface area contributed by atoms with Gasteiger partial charge in [-0.05, 0) is 28.1 Å². The summed E-state index contributed by atoms with van der Waals surface area (Å²) in [7, 11) is 0. The molecule has 0 aliphatic carbocycles. The van der Waals surface area contributed by atoms with Crippen LogP contribution < -0.4 is 0 Å². The number of hydrogen-bond donors (Lipinski definition) is 1. The molecule has 0 spiro atoms. The van der Waals surface area contributed by atoms with Gasteiger partial charge in [0.15, 0.2) is 0 Å². The summed E-state index contributed by atoms with van der Waals surface area (Å²) in [6.07, 6.45) is 0. The van der Waals surface area contributed by atoms with Gasteiger partial charge in [-0.2, -0.15) is 0 Å². The van der Waals surface area contributed by atoms with Crippen molar-refractivity contribution < 1.29 is 10.0 Å². The van der Waals surface area contributed by atoms with Crippen molar-refractivity contribution in [1.29, 1.82) is 0 Å². The minimum atomic E-state index is -0.457. The number of benzene rings is 1. The Bertz CT molecular complexity index is 523. The van der Waals surface area contributed by atoms with Gasteiger partial charge in [0.1, 0.15) is 5.75 Å². The molecule has 0 radical (unpaired) electrons. The van der Waals surface area contributed by atoms with E-state index >= 15 is 0 Å². The van der Waals surface area contributed by atoms with E-state index in [9.17, 15) is 15.2 Å². The largest absolute Gasteiger partial charge is 0.506 e. The minimum Gasteiger partial charge on any atom is -0.506 e. The number of thiophene rings is 1. The van der Waals surface area contributed by atoms with Crippen LogP contribution in [0.5, 0.6) is 5.75 Å². The van der Waals surface area contributed by atoms with Crippen molar-refractivity contribution in [3.63, 3.8) is 0 Å². The molecule has 0 fully saturated rings. The van der Waals surface area contributed by atoms with E-state index < -0.39 is 4.92 Å². The van der Waals surface area contributed by atoms with Crippen LogP contribution >= 0.6 is 27.3 Å². The molecule has 1 N–H and O–H groups in total. The van der Waals surface area contributed by atoms with E-state index in [1.54, 1.807) is 6.07 Å². The first-order chi connectivity index (χ1) is 6.59. The van der Waals surface area contributed by atoms with Crippen LogP contribution in [0.3, 0.4) is 0 Å². The molecule has 1 heterocycles. The molecule has 0 aliphatic rings. The molecule has 4 nitrogen and oxygen atoms in total. The Labute approximate surface area is 91.1 Å². The molecule has 1 aromatic heterocycles. The van der Waals surface area contributed by atoms with Gasteiger partial charge in [-0.1, -0.05) is 0 Å². The van der Waals surface area contributed by atoms with E-state index in [2.05, 4.69) is 15.9 Å². The minimum absolute atomic E-state index is 0.0137. The average molecular weight is 274 g/mol. The average Bonchev–Trinajstić information content (AvgIpc) is 2.47. The van der Waals surface area contributed by atoms with Gasteiger partial charge in [-0.3, -0.25) is 10.1 Å². The molecule has 0 atom stereocenters. The Hall–Kier alpha value is -1.14. The van der Waals surface area contributed by atoms with Crippen LogP contribution in [0, 0.1) is 10.1 Å². The number of phenolic OH excluding ortho intramolecular Hbond substituents is 1. The van der Waals surface area contributed by atoms with Crippen molar-refractivity contribution in [1.82, 2.24) is 0 Å². The Kier molecular flexibility index (Phi) is 2.16. The lowest BCUT2D eigenvalue weighted by atomic mass is 10.2. The third-order valence-corrected chi connectivity index (χ3v) is 3.47. The quantitative estimate of drug-likeness (QED) is 0.641. The van der Waals surface area contributed by atoms with Crippen molar-refractivity contribution in [2.24, 2.45) is 0 Å². The van der Waals surface area contributed by atoms with Crippen molar-refractivity contribution >= 4 is 43.0 Å². The molecule has 0 saturated carbocycles. The van der Waals surface area contributed by atoms with Crippen LogP contribution in [0.2, 0.25) is 0 Å². The number of aromatic hydroxyl groups is 1. The van der Waals surface area contributed by atoms with Gasteiger partial charge in [0.05, 0.1) is 18.8 Å². The zero-order chi connectivity index (χ0) is 10.3. The predicted molar refractivity (Wildman–Crippen MR) is 57.8 cm³/mol. The van der Waals surface area contributed by atoms with E-state index in [0.717, 1.165) is 3.79 Å². The second kappa shape index (κ2) is 3.21. The SMILES string of the molecule is O=[N+]([O-])c1ccc(O)c2sc(Br)cc12. The Balaban J connectivity index is 2.87. The number of phenols is 1. The summed E-state index contributed by atoms with van der Waals surface area (Å²) < 4.78 is 1.29. The number of non-ortho nitro benzene ring substituents is 1. The topological polar surface area (TPSA) is 63.4 Å². The van der Waals surface area contributed by atoms with E-state index in [-0.39, 0.29) is 11.4 Å². The first-order valence-corrected chi connectivity index (χ1v) is 5.26. The molecule has 1 aromatic carbocycles. The molecule has 2 rings (SSSR count). The van der Waals surface area contributed by atoms with Crippen molar-refractivity contribution in [2.45, 2.75) is 0 Å². The van der Waals surface area contributed by atoms with Crippen molar-refractivity contribution in [2.75, 3.05) is 0 Å². The van der Waals surface area contributed by atoms with Gasteiger partial charge in [0.25, 0.3) is 5.69 Å². The molecule has 0 bridgehead atoms. The molecule has 72 valence electrons. The number of nitrogens with zero attached hydrogens (tertiary/aromatic N) is 1. The zero-order valence-corrected chi connectivity index (χ0v) is 9.13. The maximum Gasteiger partial charge on any atom is 0.278 e. The van der Waals surface area contributed by atoms with Gasteiger partial charge in [0, 0.05) is 6.07 Å². The van der Waals surface area contributed by atoms with E-state index in [0.29, 0.717) is 10.1 Å². The molecule has 0 aliphatic heterocycles. The lowest BCUT2D eigenvalue weighted by molar-refractivity contribution is -0.383. The van der Waals surface area contributed by atoms with Gasteiger partial charge >= 0.3 is 0 Å². The number of nitro benzene ring substituents is 1. The summed E-state index contributed by atoms with van der Waals surface area (Å²) in [5.41, 5.74) is 0.0137. The number of nitro groups is 1. The summed E-state index contributed by atoms with van der Waals surface area (Å²) in [4.78, 5) is 10.2. The van der Waals surface area contributed by atoms with E-state index in [1.807, 2.05) is 0 Å². The third-order valence-electron chi connectivity index (χ3n) is 1.81. The molecule has 0 unspecified atom stereocenters. The molecule has 0 amide bonds. The van der Waals surface area contributed by atoms with Crippen LogP contribution in [0.4, 0.5) is 5.69 Å². The summed E-state index contributed by atoms with van der Waals surface area (Å²) >= 11 is 4.50. The van der Waals surface area contributed by atoms with Crippen LogP contribution in [0.1, 0.15) is 0 Å². The predicted octanol–water partition coefficient (Wildman–Crippen LogP) is 3.28. The summed E-state index contributed by atoms with van der Waals surface area (Å²) in [6, 6.07) is 4.28. The molecule has 0 saturated heterocycles. The van der Waals surface area contributed by atoms with Crippen molar-refractivity contribution in [3.05, 3.63) is 32.1 Å². The highest BCUT2D eigenvalue weighted by molar-refractivity contribution is 9.11. The molecule has 2 aromatic rings. The first kappa shape index (κ1) is 9.42. The number of fused-ring (bicyclic) bond motifs is 1. The van der Waals surface area contributed by atoms with Crippen LogP contribution in [0.25, 0.3) is 10.1 Å². The van der Waals surface area contributed by atoms with Gasteiger partial charge in [-0.15, -0.1) is 11.3 Å². The lowest BCUT2D eigenvalue weighted by Gasteiger charge is -1.95. The van der Waals surface area contributed by atoms with Crippen LogP contribution in [0.15, 0.2) is 22.0 Å². The number of rotatable bonds is 1. The number of hydrogen-bond acceptors (Lipinski definition) is 4. The smallest absolute Gasteiger partial charge is 0.278 e. The molecular weight excluding hydrogens is 270 g/mol. The first-order valence-electron chi connectivity index (χ1n) is 3.65.